The fraction of sp³-hybridized carbons (Fsp3) is 0.478. The molecule has 1 saturated carbocycles. The molecule has 136 valence electrons. The summed E-state index contributed by atoms with van der Waals surface area (Å²) in [6, 6.07) is 22.6. The predicted molar refractivity (Wildman–Crippen MR) is 110 cm³/mol. The summed E-state index contributed by atoms with van der Waals surface area (Å²) in [7, 11) is 4.47. The van der Waals surface area contributed by atoms with Crippen LogP contribution >= 0.6 is 12.4 Å². The standard InChI is InChI=1S/C23H31N.ClH/c1-24(2)23(21-11-7-4-8-12-21)22-17-15-20(16-18-22)14-13-19-9-5-3-6-10-19;/h3-12,20,22-23H,13-18H2,1-2H3;1H/t20-,22-,23?;. The van der Waals surface area contributed by atoms with Crippen LogP contribution in [0.3, 0.4) is 0 Å². The molecule has 0 saturated heterocycles. The second-order valence-electron chi connectivity index (χ2n) is 7.62. The summed E-state index contributed by atoms with van der Waals surface area (Å²) >= 11 is 0. The van der Waals surface area contributed by atoms with E-state index in [1.54, 1.807) is 0 Å². The lowest BCUT2D eigenvalue weighted by Crippen LogP contribution is -2.30. The Bertz CT molecular complexity index is 588. The van der Waals surface area contributed by atoms with E-state index in [2.05, 4.69) is 79.7 Å². The number of hydrogen-bond donors (Lipinski definition) is 0. The largest absolute Gasteiger partial charge is 0.302 e. The first-order valence-electron chi connectivity index (χ1n) is 9.49. The van der Waals surface area contributed by atoms with Crippen molar-refractivity contribution >= 4 is 12.4 Å². The Morgan fingerprint density at radius 3 is 1.96 bits per heavy atom. The van der Waals surface area contributed by atoms with E-state index in [1.165, 1.54) is 49.7 Å². The Hall–Kier alpha value is -1.31. The van der Waals surface area contributed by atoms with Crippen LogP contribution in [0.5, 0.6) is 0 Å². The van der Waals surface area contributed by atoms with Crippen molar-refractivity contribution in [1.82, 2.24) is 4.90 Å². The molecule has 1 fully saturated rings. The van der Waals surface area contributed by atoms with Crippen LogP contribution in [0.4, 0.5) is 0 Å². The van der Waals surface area contributed by atoms with Gasteiger partial charge in [0.25, 0.3) is 0 Å². The van der Waals surface area contributed by atoms with Gasteiger partial charge in [0.15, 0.2) is 0 Å². The number of rotatable bonds is 6. The van der Waals surface area contributed by atoms with Gasteiger partial charge >= 0.3 is 0 Å². The van der Waals surface area contributed by atoms with E-state index in [4.69, 9.17) is 0 Å². The van der Waals surface area contributed by atoms with E-state index in [0.717, 1.165) is 11.8 Å². The molecule has 1 atom stereocenters. The maximum atomic E-state index is 2.42. The fourth-order valence-electron chi connectivity index (χ4n) is 4.45. The molecule has 0 N–H and O–H groups in total. The monoisotopic (exact) mass is 357 g/mol. The van der Waals surface area contributed by atoms with Crippen molar-refractivity contribution in [2.24, 2.45) is 11.8 Å². The summed E-state index contributed by atoms with van der Waals surface area (Å²) in [5.41, 5.74) is 2.98. The minimum Gasteiger partial charge on any atom is -0.302 e. The van der Waals surface area contributed by atoms with Crippen LogP contribution in [0.15, 0.2) is 60.7 Å². The Morgan fingerprint density at radius 1 is 0.840 bits per heavy atom. The highest BCUT2D eigenvalue weighted by Crippen LogP contribution is 2.40. The van der Waals surface area contributed by atoms with Crippen LogP contribution in [0.25, 0.3) is 0 Å². The van der Waals surface area contributed by atoms with Crippen molar-refractivity contribution in [1.29, 1.82) is 0 Å². The lowest BCUT2D eigenvalue weighted by molar-refractivity contribution is 0.146. The zero-order chi connectivity index (χ0) is 16.8. The first-order chi connectivity index (χ1) is 11.7. The Balaban J connectivity index is 0.00000225. The van der Waals surface area contributed by atoms with Gasteiger partial charge in [0, 0.05) is 6.04 Å². The van der Waals surface area contributed by atoms with E-state index in [-0.39, 0.29) is 12.4 Å². The van der Waals surface area contributed by atoms with Crippen LogP contribution in [0.2, 0.25) is 0 Å². The zero-order valence-electron chi connectivity index (χ0n) is 15.6. The quantitative estimate of drug-likeness (QED) is 0.599. The lowest BCUT2D eigenvalue weighted by atomic mass is 9.75. The van der Waals surface area contributed by atoms with Gasteiger partial charge in [-0.25, -0.2) is 0 Å². The van der Waals surface area contributed by atoms with Gasteiger partial charge in [0.05, 0.1) is 0 Å². The first kappa shape index (κ1) is 20.0. The molecule has 0 amide bonds. The van der Waals surface area contributed by atoms with Gasteiger partial charge in [-0.3, -0.25) is 0 Å². The normalized spacial score (nSPS) is 21.6. The molecule has 0 spiro atoms. The summed E-state index contributed by atoms with van der Waals surface area (Å²) in [6.07, 6.45) is 8.14. The molecule has 0 radical (unpaired) electrons. The van der Waals surface area contributed by atoms with E-state index in [1.807, 2.05) is 0 Å². The first-order valence-corrected chi connectivity index (χ1v) is 9.49. The van der Waals surface area contributed by atoms with Crippen LogP contribution in [-0.2, 0) is 6.42 Å². The summed E-state index contributed by atoms with van der Waals surface area (Å²) in [5.74, 6) is 1.72. The summed E-state index contributed by atoms with van der Waals surface area (Å²) in [4.78, 5) is 2.42. The summed E-state index contributed by atoms with van der Waals surface area (Å²) < 4.78 is 0. The fourth-order valence-corrected chi connectivity index (χ4v) is 4.45. The molecule has 0 heterocycles. The third-order valence-electron chi connectivity index (χ3n) is 5.72. The molecule has 1 unspecified atom stereocenters. The van der Waals surface area contributed by atoms with Crippen LogP contribution in [0.1, 0.15) is 49.3 Å². The summed E-state index contributed by atoms with van der Waals surface area (Å²) in [6.45, 7) is 0. The van der Waals surface area contributed by atoms with Crippen LogP contribution < -0.4 is 0 Å². The third-order valence-corrected chi connectivity index (χ3v) is 5.72. The topological polar surface area (TPSA) is 3.24 Å². The maximum absolute atomic E-state index is 2.42. The van der Waals surface area contributed by atoms with Crippen molar-refractivity contribution in [2.45, 2.75) is 44.6 Å². The van der Waals surface area contributed by atoms with Crippen LogP contribution in [-0.4, -0.2) is 19.0 Å². The van der Waals surface area contributed by atoms with Crippen molar-refractivity contribution in [3.63, 3.8) is 0 Å². The van der Waals surface area contributed by atoms with Crippen LogP contribution in [0, 0.1) is 11.8 Å². The summed E-state index contributed by atoms with van der Waals surface area (Å²) in [5, 5.41) is 0. The van der Waals surface area contributed by atoms with Crippen molar-refractivity contribution in [3.05, 3.63) is 71.8 Å². The van der Waals surface area contributed by atoms with E-state index >= 15 is 0 Å². The molecule has 1 aliphatic carbocycles. The highest BCUT2D eigenvalue weighted by atomic mass is 35.5. The Kier molecular flexibility index (Phi) is 7.99. The number of benzene rings is 2. The molecule has 0 aliphatic heterocycles. The second kappa shape index (κ2) is 9.99. The van der Waals surface area contributed by atoms with Gasteiger partial charge in [-0.2, -0.15) is 0 Å². The van der Waals surface area contributed by atoms with Gasteiger partial charge < -0.3 is 4.90 Å². The maximum Gasteiger partial charge on any atom is 0.0370 e. The van der Waals surface area contributed by atoms with Gasteiger partial charge in [0.2, 0.25) is 0 Å². The molecule has 1 aliphatic rings. The zero-order valence-corrected chi connectivity index (χ0v) is 16.4. The second-order valence-corrected chi connectivity index (χ2v) is 7.62. The minimum atomic E-state index is 0. The Morgan fingerprint density at radius 2 is 1.40 bits per heavy atom. The van der Waals surface area contributed by atoms with Gasteiger partial charge in [-0.1, -0.05) is 73.5 Å². The van der Waals surface area contributed by atoms with Crippen molar-refractivity contribution in [2.75, 3.05) is 14.1 Å². The van der Waals surface area contributed by atoms with Gasteiger partial charge in [-0.05, 0) is 62.7 Å². The average Bonchev–Trinajstić information content (AvgIpc) is 2.63. The van der Waals surface area contributed by atoms with Gasteiger partial charge in [0.1, 0.15) is 0 Å². The molecule has 1 nitrogen and oxygen atoms in total. The van der Waals surface area contributed by atoms with E-state index < -0.39 is 0 Å². The number of nitrogens with zero attached hydrogens (tertiary/aromatic N) is 1. The molecule has 2 heteroatoms. The molecule has 25 heavy (non-hydrogen) atoms. The molecule has 0 aromatic heterocycles. The Labute approximate surface area is 159 Å². The van der Waals surface area contributed by atoms with E-state index in [9.17, 15) is 0 Å². The van der Waals surface area contributed by atoms with Crippen molar-refractivity contribution in [3.8, 4) is 0 Å². The SMILES string of the molecule is CN(C)C(c1ccccc1)[C@H]1CC[C@H](CCc2ccccc2)CC1.Cl. The predicted octanol–water partition coefficient (Wildman–Crippen LogP) is 6.15. The number of hydrogen-bond acceptors (Lipinski definition) is 1. The molecule has 3 rings (SSSR count). The highest BCUT2D eigenvalue weighted by Gasteiger charge is 2.29. The third kappa shape index (κ3) is 5.59. The van der Waals surface area contributed by atoms with E-state index in [0.29, 0.717) is 6.04 Å². The minimum absolute atomic E-state index is 0. The molecular weight excluding hydrogens is 326 g/mol. The molecule has 2 aromatic carbocycles. The molecular formula is C23H32ClN. The average molecular weight is 358 g/mol. The molecule has 2 aromatic rings. The highest BCUT2D eigenvalue weighted by molar-refractivity contribution is 5.85. The number of aryl methyl sites for hydroxylation is 1. The van der Waals surface area contributed by atoms with Crippen molar-refractivity contribution < 1.29 is 0 Å². The lowest BCUT2D eigenvalue weighted by Gasteiger charge is -2.37. The smallest absolute Gasteiger partial charge is 0.0370 e. The molecule has 0 bridgehead atoms. The number of halogens is 1. The van der Waals surface area contributed by atoms with Gasteiger partial charge in [-0.15, -0.1) is 12.4 Å².